The molecule has 90 valence electrons. The number of carboxylic acid groups (broad SMARTS) is 1. The molecule has 1 aromatic carbocycles. The lowest BCUT2D eigenvalue weighted by atomic mass is 10.0. The van der Waals surface area contributed by atoms with E-state index >= 15 is 0 Å². The first kappa shape index (κ1) is 11.7. The second-order valence-electron chi connectivity index (χ2n) is 3.86. The smallest absolute Gasteiger partial charge is 0.404 e. The summed E-state index contributed by atoms with van der Waals surface area (Å²) in [5, 5.41) is 14.3. The van der Waals surface area contributed by atoms with Crippen LogP contribution in [0.5, 0.6) is 0 Å². The highest BCUT2D eigenvalue weighted by molar-refractivity contribution is 6.30. The van der Waals surface area contributed by atoms with Gasteiger partial charge in [-0.05, 0) is 17.7 Å². The van der Waals surface area contributed by atoms with Gasteiger partial charge in [-0.1, -0.05) is 23.7 Å². The van der Waals surface area contributed by atoms with Crippen molar-refractivity contribution in [3.63, 3.8) is 0 Å². The first-order chi connectivity index (χ1) is 8.06. The Morgan fingerprint density at radius 1 is 1.53 bits per heavy atom. The zero-order chi connectivity index (χ0) is 12.4. The summed E-state index contributed by atoms with van der Waals surface area (Å²) in [6, 6.07) is 6.19. The Morgan fingerprint density at radius 3 is 2.94 bits per heavy atom. The first-order valence-electron chi connectivity index (χ1n) is 5.10. The van der Waals surface area contributed by atoms with Gasteiger partial charge in [0.2, 0.25) is 5.91 Å². The summed E-state index contributed by atoms with van der Waals surface area (Å²) < 4.78 is 0. The van der Waals surface area contributed by atoms with Crippen LogP contribution in [0.4, 0.5) is 4.79 Å². The van der Waals surface area contributed by atoms with Crippen molar-refractivity contribution in [2.75, 3.05) is 0 Å². The highest BCUT2D eigenvalue weighted by atomic mass is 35.5. The minimum Gasteiger partial charge on any atom is -0.465 e. The molecule has 1 heterocycles. The predicted octanol–water partition coefficient (Wildman–Crippen LogP) is 1.54. The van der Waals surface area contributed by atoms with Gasteiger partial charge >= 0.3 is 6.09 Å². The van der Waals surface area contributed by atoms with E-state index in [0.717, 1.165) is 5.56 Å². The molecule has 1 saturated heterocycles. The van der Waals surface area contributed by atoms with Crippen LogP contribution < -0.4 is 10.6 Å². The number of benzene rings is 1. The highest BCUT2D eigenvalue weighted by Crippen LogP contribution is 2.26. The molecule has 2 atom stereocenters. The summed E-state index contributed by atoms with van der Waals surface area (Å²) in [6.45, 7) is 0. The minimum atomic E-state index is -1.14. The fourth-order valence-corrected chi connectivity index (χ4v) is 2.16. The lowest BCUT2D eigenvalue weighted by Crippen LogP contribution is -2.37. The van der Waals surface area contributed by atoms with E-state index < -0.39 is 12.1 Å². The topological polar surface area (TPSA) is 78.4 Å². The van der Waals surface area contributed by atoms with Crippen LogP contribution in [0.1, 0.15) is 18.0 Å². The van der Waals surface area contributed by atoms with E-state index in [-0.39, 0.29) is 18.4 Å². The number of hydrogen-bond acceptors (Lipinski definition) is 2. The van der Waals surface area contributed by atoms with E-state index in [4.69, 9.17) is 16.7 Å². The summed E-state index contributed by atoms with van der Waals surface area (Å²) in [7, 11) is 0. The number of amides is 2. The second kappa shape index (κ2) is 4.63. The normalized spacial score (nSPS) is 23.2. The molecule has 0 saturated carbocycles. The predicted molar refractivity (Wildman–Crippen MR) is 61.9 cm³/mol. The van der Waals surface area contributed by atoms with Crippen molar-refractivity contribution in [2.45, 2.75) is 18.5 Å². The maximum atomic E-state index is 11.3. The Hall–Kier alpha value is -1.75. The van der Waals surface area contributed by atoms with E-state index in [2.05, 4.69) is 10.6 Å². The minimum absolute atomic E-state index is 0.142. The standard InChI is InChI=1S/C11H11ClN2O3/c12-7-3-1-2-6(4-7)10-8(13-11(16)17)5-9(15)14-10/h1-4,8,10,13H,5H2,(H,14,15)(H,16,17)/t8-,10+/m1/s1. The largest absolute Gasteiger partial charge is 0.465 e. The van der Waals surface area contributed by atoms with Gasteiger partial charge in [0.25, 0.3) is 0 Å². The lowest BCUT2D eigenvalue weighted by Gasteiger charge is -2.19. The van der Waals surface area contributed by atoms with Gasteiger partial charge in [0.1, 0.15) is 0 Å². The molecule has 5 nitrogen and oxygen atoms in total. The average Bonchev–Trinajstić information content (AvgIpc) is 2.58. The van der Waals surface area contributed by atoms with Gasteiger partial charge in [-0.3, -0.25) is 4.79 Å². The van der Waals surface area contributed by atoms with Gasteiger partial charge in [0.05, 0.1) is 12.1 Å². The zero-order valence-corrected chi connectivity index (χ0v) is 9.57. The van der Waals surface area contributed by atoms with Gasteiger partial charge < -0.3 is 15.7 Å². The molecular weight excluding hydrogens is 244 g/mol. The Labute approximate surface area is 103 Å². The molecule has 1 aliphatic heterocycles. The van der Waals surface area contributed by atoms with E-state index in [1.165, 1.54) is 0 Å². The van der Waals surface area contributed by atoms with Crippen LogP contribution in [-0.4, -0.2) is 23.1 Å². The molecule has 3 N–H and O–H groups in total. The molecule has 0 radical (unpaired) electrons. The van der Waals surface area contributed by atoms with Crippen LogP contribution in [-0.2, 0) is 4.79 Å². The SMILES string of the molecule is O=C(O)N[C@@H]1CC(=O)N[C@H]1c1cccc(Cl)c1. The summed E-state index contributed by atoms with van der Waals surface area (Å²) in [6.07, 6.45) is -0.998. The fourth-order valence-electron chi connectivity index (χ4n) is 1.96. The van der Waals surface area contributed by atoms with E-state index in [0.29, 0.717) is 5.02 Å². The van der Waals surface area contributed by atoms with Crippen molar-refractivity contribution in [1.82, 2.24) is 10.6 Å². The Balaban J connectivity index is 2.23. The fraction of sp³-hybridized carbons (Fsp3) is 0.273. The van der Waals surface area contributed by atoms with Crippen LogP contribution in [0.15, 0.2) is 24.3 Å². The van der Waals surface area contributed by atoms with E-state index in [1.54, 1.807) is 24.3 Å². The average molecular weight is 255 g/mol. The number of rotatable bonds is 2. The van der Waals surface area contributed by atoms with Crippen LogP contribution >= 0.6 is 11.6 Å². The zero-order valence-electron chi connectivity index (χ0n) is 8.81. The summed E-state index contributed by atoms with van der Waals surface area (Å²) in [5.74, 6) is -0.172. The highest BCUT2D eigenvalue weighted by Gasteiger charge is 2.34. The summed E-state index contributed by atoms with van der Waals surface area (Å²) in [5.41, 5.74) is 0.794. The van der Waals surface area contributed by atoms with Crippen molar-refractivity contribution in [1.29, 1.82) is 0 Å². The monoisotopic (exact) mass is 254 g/mol. The third kappa shape index (κ3) is 2.68. The van der Waals surface area contributed by atoms with Crippen molar-refractivity contribution in [2.24, 2.45) is 0 Å². The maximum absolute atomic E-state index is 11.3. The Kier molecular flexibility index (Phi) is 3.19. The third-order valence-corrected chi connectivity index (χ3v) is 2.88. The van der Waals surface area contributed by atoms with Gasteiger partial charge in [0.15, 0.2) is 0 Å². The Morgan fingerprint density at radius 2 is 2.29 bits per heavy atom. The van der Waals surface area contributed by atoms with Crippen LogP contribution in [0.25, 0.3) is 0 Å². The molecule has 1 aromatic rings. The van der Waals surface area contributed by atoms with Crippen molar-refractivity contribution in [3.05, 3.63) is 34.9 Å². The molecule has 0 aliphatic carbocycles. The molecule has 6 heteroatoms. The molecule has 17 heavy (non-hydrogen) atoms. The van der Waals surface area contributed by atoms with Gasteiger partial charge in [0, 0.05) is 11.4 Å². The number of halogens is 1. The second-order valence-corrected chi connectivity index (χ2v) is 4.30. The van der Waals surface area contributed by atoms with Crippen molar-refractivity contribution < 1.29 is 14.7 Å². The molecule has 2 rings (SSSR count). The molecule has 2 amide bonds. The number of carbonyl (C=O) groups excluding carboxylic acids is 1. The molecule has 0 aromatic heterocycles. The third-order valence-electron chi connectivity index (χ3n) is 2.64. The summed E-state index contributed by atoms with van der Waals surface area (Å²) >= 11 is 5.86. The summed E-state index contributed by atoms with van der Waals surface area (Å²) in [4.78, 5) is 22.0. The van der Waals surface area contributed by atoms with Crippen LogP contribution in [0, 0.1) is 0 Å². The van der Waals surface area contributed by atoms with Crippen molar-refractivity contribution >= 4 is 23.6 Å². The van der Waals surface area contributed by atoms with Crippen LogP contribution in [0.3, 0.4) is 0 Å². The molecule has 1 aliphatic rings. The molecule has 1 fully saturated rings. The lowest BCUT2D eigenvalue weighted by molar-refractivity contribution is -0.119. The van der Waals surface area contributed by atoms with Gasteiger partial charge in [-0.15, -0.1) is 0 Å². The number of carbonyl (C=O) groups is 2. The van der Waals surface area contributed by atoms with E-state index in [1.807, 2.05) is 0 Å². The maximum Gasteiger partial charge on any atom is 0.404 e. The molecule has 0 bridgehead atoms. The molecule has 0 unspecified atom stereocenters. The van der Waals surface area contributed by atoms with E-state index in [9.17, 15) is 9.59 Å². The number of nitrogens with one attached hydrogen (secondary N) is 2. The quantitative estimate of drug-likeness (QED) is 0.749. The first-order valence-corrected chi connectivity index (χ1v) is 5.48. The van der Waals surface area contributed by atoms with Crippen LogP contribution in [0.2, 0.25) is 5.02 Å². The van der Waals surface area contributed by atoms with Gasteiger partial charge in [-0.2, -0.15) is 0 Å². The van der Waals surface area contributed by atoms with Crippen molar-refractivity contribution in [3.8, 4) is 0 Å². The molecule has 0 spiro atoms. The number of hydrogen-bond donors (Lipinski definition) is 3. The molecular formula is C11H11ClN2O3. The van der Waals surface area contributed by atoms with Gasteiger partial charge in [-0.25, -0.2) is 4.79 Å². The Bertz CT molecular complexity index is 464.